The lowest BCUT2D eigenvalue weighted by atomic mass is 10.4. The molecule has 0 bridgehead atoms. The molecule has 0 aliphatic heterocycles. The summed E-state index contributed by atoms with van der Waals surface area (Å²) in [6.07, 6.45) is 1.60. The molecular formula is C11H17N5. The van der Waals surface area contributed by atoms with Crippen molar-refractivity contribution >= 4 is 0 Å². The van der Waals surface area contributed by atoms with Crippen LogP contribution in [0.15, 0.2) is 12.4 Å². The van der Waals surface area contributed by atoms with Crippen molar-refractivity contribution in [1.29, 1.82) is 0 Å². The molecule has 0 saturated carbocycles. The molecule has 5 heteroatoms. The molecule has 0 N–H and O–H groups in total. The summed E-state index contributed by atoms with van der Waals surface area (Å²) in [5, 5.41) is 8.63. The SMILES string of the molecule is Cc1cc(C)n(Cc2ncnn2C(C)C)n1. The molecule has 16 heavy (non-hydrogen) atoms. The van der Waals surface area contributed by atoms with Gasteiger partial charge in [0.2, 0.25) is 0 Å². The fourth-order valence-electron chi connectivity index (χ4n) is 1.79. The Kier molecular flexibility index (Phi) is 2.77. The van der Waals surface area contributed by atoms with Crippen molar-refractivity contribution in [1.82, 2.24) is 24.5 Å². The quantitative estimate of drug-likeness (QED) is 0.789. The van der Waals surface area contributed by atoms with E-state index in [-0.39, 0.29) is 0 Å². The molecule has 0 radical (unpaired) electrons. The number of hydrogen-bond acceptors (Lipinski definition) is 3. The molecule has 5 nitrogen and oxygen atoms in total. The molecule has 0 spiro atoms. The van der Waals surface area contributed by atoms with E-state index in [4.69, 9.17) is 0 Å². The molecule has 0 aliphatic rings. The van der Waals surface area contributed by atoms with E-state index in [1.165, 1.54) is 0 Å². The van der Waals surface area contributed by atoms with Crippen LogP contribution in [0.1, 0.15) is 37.1 Å². The van der Waals surface area contributed by atoms with E-state index in [1.54, 1.807) is 6.33 Å². The minimum atomic E-state index is 0.328. The summed E-state index contributed by atoms with van der Waals surface area (Å²) in [5.41, 5.74) is 2.18. The van der Waals surface area contributed by atoms with Crippen LogP contribution < -0.4 is 0 Å². The lowest BCUT2D eigenvalue weighted by Crippen LogP contribution is -2.13. The van der Waals surface area contributed by atoms with Gasteiger partial charge >= 0.3 is 0 Å². The fraction of sp³-hybridized carbons (Fsp3) is 0.545. The number of nitrogens with zero attached hydrogens (tertiary/aromatic N) is 5. The molecule has 0 saturated heterocycles. The zero-order valence-corrected chi connectivity index (χ0v) is 10.2. The van der Waals surface area contributed by atoms with Crippen LogP contribution in [0.25, 0.3) is 0 Å². The summed E-state index contributed by atoms with van der Waals surface area (Å²) < 4.78 is 3.88. The minimum Gasteiger partial charge on any atom is -0.262 e. The Bertz CT molecular complexity index is 480. The van der Waals surface area contributed by atoms with Crippen LogP contribution in [-0.2, 0) is 6.54 Å². The topological polar surface area (TPSA) is 48.5 Å². The molecule has 0 aromatic carbocycles. The monoisotopic (exact) mass is 219 g/mol. The second-order valence-electron chi connectivity index (χ2n) is 4.30. The number of rotatable bonds is 3. The highest BCUT2D eigenvalue weighted by Gasteiger charge is 2.10. The molecule has 0 fully saturated rings. The summed E-state index contributed by atoms with van der Waals surface area (Å²) in [4.78, 5) is 4.27. The van der Waals surface area contributed by atoms with Crippen molar-refractivity contribution < 1.29 is 0 Å². The molecule has 0 atom stereocenters. The third-order valence-electron chi connectivity index (χ3n) is 2.53. The highest BCUT2D eigenvalue weighted by atomic mass is 15.4. The fourth-order valence-corrected chi connectivity index (χ4v) is 1.79. The Labute approximate surface area is 95.1 Å². The Balaban J connectivity index is 2.27. The Hall–Kier alpha value is -1.65. The molecule has 0 aliphatic carbocycles. The van der Waals surface area contributed by atoms with Crippen molar-refractivity contribution in [2.45, 2.75) is 40.3 Å². The number of hydrogen-bond donors (Lipinski definition) is 0. The summed E-state index contributed by atoms with van der Waals surface area (Å²) >= 11 is 0. The van der Waals surface area contributed by atoms with E-state index < -0.39 is 0 Å². The van der Waals surface area contributed by atoms with Crippen molar-refractivity contribution in [2.75, 3.05) is 0 Å². The van der Waals surface area contributed by atoms with Gasteiger partial charge in [0.1, 0.15) is 18.7 Å². The van der Waals surface area contributed by atoms with Gasteiger partial charge in [-0.3, -0.25) is 4.68 Å². The van der Waals surface area contributed by atoms with E-state index in [0.717, 1.165) is 17.2 Å². The van der Waals surface area contributed by atoms with Crippen LogP contribution in [0.5, 0.6) is 0 Å². The second-order valence-corrected chi connectivity index (χ2v) is 4.30. The van der Waals surface area contributed by atoms with Crippen LogP contribution in [0, 0.1) is 13.8 Å². The maximum absolute atomic E-state index is 4.42. The van der Waals surface area contributed by atoms with Crippen LogP contribution in [0.2, 0.25) is 0 Å². The summed E-state index contributed by atoms with van der Waals surface area (Å²) in [6, 6.07) is 2.39. The van der Waals surface area contributed by atoms with Gasteiger partial charge in [0, 0.05) is 11.7 Å². The smallest absolute Gasteiger partial charge is 0.148 e. The third-order valence-corrected chi connectivity index (χ3v) is 2.53. The molecule has 0 unspecified atom stereocenters. The first-order valence-corrected chi connectivity index (χ1v) is 5.47. The molecule has 86 valence electrons. The molecule has 2 rings (SSSR count). The molecular weight excluding hydrogens is 202 g/mol. The largest absolute Gasteiger partial charge is 0.262 e. The zero-order valence-electron chi connectivity index (χ0n) is 10.2. The van der Waals surface area contributed by atoms with E-state index >= 15 is 0 Å². The van der Waals surface area contributed by atoms with E-state index in [0.29, 0.717) is 12.6 Å². The maximum Gasteiger partial charge on any atom is 0.148 e. The van der Waals surface area contributed by atoms with E-state index in [1.807, 2.05) is 16.3 Å². The predicted octanol–water partition coefficient (Wildman–Crippen LogP) is 1.72. The molecule has 2 aromatic heterocycles. The van der Waals surface area contributed by atoms with Gasteiger partial charge in [-0.1, -0.05) is 0 Å². The standard InChI is InChI=1S/C11H17N5/c1-8(2)16-11(12-7-13-16)6-15-10(4)5-9(3)14-15/h5,7-8H,6H2,1-4H3. The molecule has 0 amide bonds. The number of aryl methyl sites for hydroxylation is 2. The predicted molar refractivity (Wildman–Crippen MR) is 61.2 cm³/mol. The Morgan fingerprint density at radius 3 is 2.62 bits per heavy atom. The van der Waals surface area contributed by atoms with Crippen molar-refractivity contribution in [3.05, 3.63) is 29.6 Å². The van der Waals surface area contributed by atoms with Crippen molar-refractivity contribution in [2.24, 2.45) is 0 Å². The first-order chi connectivity index (χ1) is 7.58. The zero-order chi connectivity index (χ0) is 11.7. The normalized spacial score (nSPS) is 11.3. The van der Waals surface area contributed by atoms with Gasteiger partial charge < -0.3 is 0 Å². The summed E-state index contributed by atoms with van der Waals surface area (Å²) in [7, 11) is 0. The van der Waals surface area contributed by atoms with Crippen LogP contribution in [0.3, 0.4) is 0 Å². The highest BCUT2D eigenvalue weighted by molar-refractivity contribution is 5.07. The van der Waals surface area contributed by atoms with Gasteiger partial charge in [0.15, 0.2) is 0 Å². The van der Waals surface area contributed by atoms with Crippen LogP contribution in [0.4, 0.5) is 0 Å². The average Bonchev–Trinajstić information content (AvgIpc) is 2.75. The lowest BCUT2D eigenvalue weighted by molar-refractivity contribution is 0.485. The highest BCUT2D eigenvalue weighted by Crippen LogP contribution is 2.09. The van der Waals surface area contributed by atoms with E-state index in [2.05, 4.69) is 42.0 Å². The lowest BCUT2D eigenvalue weighted by Gasteiger charge is -2.10. The Morgan fingerprint density at radius 1 is 1.31 bits per heavy atom. The van der Waals surface area contributed by atoms with Crippen LogP contribution in [-0.4, -0.2) is 24.5 Å². The minimum absolute atomic E-state index is 0.328. The van der Waals surface area contributed by atoms with Gasteiger partial charge in [0.25, 0.3) is 0 Å². The summed E-state index contributed by atoms with van der Waals surface area (Å²) in [5.74, 6) is 0.946. The first-order valence-electron chi connectivity index (χ1n) is 5.47. The third kappa shape index (κ3) is 1.98. The number of aromatic nitrogens is 5. The summed E-state index contributed by atoms with van der Waals surface area (Å²) in [6.45, 7) is 8.92. The van der Waals surface area contributed by atoms with Gasteiger partial charge in [0.05, 0.1) is 5.69 Å². The van der Waals surface area contributed by atoms with Gasteiger partial charge in [-0.05, 0) is 33.8 Å². The Morgan fingerprint density at radius 2 is 2.06 bits per heavy atom. The van der Waals surface area contributed by atoms with Gasteiger partial charge in [-0.2, -0.15) is 10.2 Å². The maximum atomic E-state index is 4.42. The van der Waals surface area contributed by atoms with Crippen molar-refractivity contribution in [3.8, 4) is 0 Å². The average molecular weight is 219 g/mol. The first kappa shape index (κ1) is 10.9. The van der Waals surface area contributed by atoms with Crippen molar-refractivity contribution in [3.63, 3.8) is 0 Å². The van der Waals surface area contributed by atoms with E-state index in [9.17, 15) is 0 Å². The van der Waals surface area contributed by atoms with Gasteiger partial charge in [-0.25, -0.2) is 9.67 Å². The molecule has 2 heterocycles. The van der Waals surface area contributed by atoms with Crippen LogP contribution >= 0.6 is 0 Å². The second kappa shape index (κ2) is 4.08. The van der Waals surface area contributed by atoms with Gasteiger partial charge in [-0.15, -0.1) is 0 Å². The molecule has 2 aromatic rings.